The van der Waals surface area contributed by atoms with Crippen molar-refractivity contribution in [1.29, 1.82) is 0 Å². The summed E-state index contributed by atoms with van der Waals surface area (Å²) >= 11 is 0. The van der Waals surface area contributed by atoms with Gasteiger partial charge in [-0.25, -0.2) is 0 Å². The highest BCUT2D eigenvalue weighted by Crippen LogP contribution is 1.88. The molecule has 0 aromatic carbocycles. The fraction of sp³-hybridized carbons (Fsp3) is 0.889. The lowest BCUT2D eigenvalue weighted by Crippen LogP contribution is -2.34. The molecule has 0 fully saturated rings. The van der Waals surface area contributed by atoms with Gasteiger partial charge in [0.1, 0.15) is 0 Å². The fourth-order valence-corrected chi connectivity index (χ4v) is 0.897. The number of esters is 1. The first-order valence-corrected chi connectivity index (χ1v) is 4.63. The van der Waals surface area contributed by atoms with Crippen LogP contribution in [0, 0.1) is 0 Å². The highest BCUT2D eigenvalue weighted by atomic mass is 16.5. The Hall–Kier alpha value is -0.650. The van der Waals surface area contributed by atoms with E-state index < -0.39 is 6.10 Å². The Morgan fingerprint density at radius 2 is 2.14 bits per heavy atom. The third-order valence-electron chi connectivity index (χ3n) is 1.38. The first-order chi connectivity index (χ1) is 6.56. The zero-order valence-corrected chi connectivity index (χ0v) is 8.95. The average molecular weight is 205 g/mol. The number of hydrogen-bond acceptors (Lipinski definition) is 5. The Balaban J connectivity index is 3.39. The van der Waals surface area contributed by atoms with Crippen LogP contribution in [0.15, 0.2) is 0 Å². The van der Waals surface area contributed by atoms with E-state index in [-0.39, 0.29) is 25.2 Å². The predicted octanol–water partition coefficient (Wildman–Crippen LogP) is -0.465. The Morgan fingerprint density at radius 3 is 2.64 bits per heavy atom. The van der Waals surface area contributed by atoms with Crippen LogP contribution in [0.4, 0.5) is 0 Å². The van der Waals surface area contributed by atoms with Crippen molar-refractivity contribution in [2.24, 2.45) is 0 Å². The summed E-state index contributed by atoms with van der Waals surface area (Å²) in [7, 11) is 1.51. The van der Waals surface area contributed by atoms with Crippen molar-refractivity contribution in [1.82, 2.24) is 5.32 Å². The van der Waals surface area contributed by atoms with E-state index in [9.17, 15) is 9.90 Å². The van der Waals surface area contributed by atoms with Crippen molar-refractivity contribution in [3.05, 3.63) is 0 Å². The van der Waals surface area contributed by atoms with Gasteiger partial charge < -0.3 is 19.9 Å². The second kappa shape index (κ2) is 7.73. The van der Waals surface area contributed by atoms with Crippen molar-refractivity contribution < 1.29 is 19.4 Å². The van der Waals surface area contributed by atoms with Crippen LogP contribution >= 0.6 is 0 Å². The van der Waals surface area contributed by atoms with Gasteiger partial charge in [0.15, 0.2) is 0 Å². The van der Waals surface area contributed by atoms with Gasteiger partial charge in [-0.3, -0.25) is 4.79 Å². The number of nitrogens with one attached hydrogen (secondary N) is 1. The molecule has 84 valence electrons. The Labute approximate surface area is 84.4 Å². The molecule has 1 atom stereocenters. The number of rotatable bonds is 7. The summed E-state index contributed by atoms with van der Waals surface area (Å²) < 4.78 is 9.60. The molecule has 0 aliphatic heterocycles. The molecule has 0 radical (unpaired) electrons. The standard InChI is InChI=1S/C9H19NO4/c1-7(2)14-9(12)5-10-4-8(11)6-13-3/h7-8,10-11H,4-6H2,1-3H3. The maximum Gasteiger partial charge on any atom is 0.320 e. The molecule has 14 heavy (non-hydrogen) atoms. The SMILES string of the molecule is COCC(O)CNCC(=O)OC(C)C. The van der Waals surface area contributed by atoms with Gasteiger partial charge in [0.05, 0.1) is 25.4 Å². The molecule has 0 aromatic heterocycles. The molecule has 2 N–H and O–H groups in total. The molecular weight excluding hydrogens is 186 g/mol. The lowest BCUT2D eigenvalue weighted by molar-refractivity contribution is -0.146. The van der Waals surface area contributed by atoms with Gasteiger partial charge in [0.2, 0.25) is 0 Å². The number of hydrogen-bond donors (Lipinski definition) is 2. The van der Waals surface area contributed by atoms with Gasteiger partial charge >= 0.3 is 5.97 Å². The maximum absolute atomic E-state index is 11.0. The zero-order chi connectivity index (χ0) is 11.0. The smallest absolute Gasteiger partial charge is 0.320 e. The predicted molar refractivity (Wildman–Crippen MR) is 52.0 cm³/mol. The van der Waals surface area contributed by atoms with Crippen molar-refractivity contribution in [3.8, 4) is 0 Å². The monoisotopic (exact) mass is 205 g/mol. The third kappa shape index (κ3) is 7.97. The molecule has 0 aliphatic carbocycles. The molecule has 0 aliphatic rings. The summed E-state index contributed by atoms with van der Waals surface area (Å²) in [5.74, 6) is -0.315. The molecule has 0 saturated carbocycles. The van der Waals surface area contributed by atoms with Gasteiger partial charge in [-0.05, 0) is 13.8 Å². The summed E-state index contributed by atoms with van der Waals surface area (Å²) in [6.07, 6.45) is -0.694. The van der Waals surface area contributed by atoms with Crippen molar-refractivity contribution in [2.45, 2.75) is 26.1 Å². The lowest BCUT2D eigenvalue weighted by Gasteiger charge is -2.11. The molecule has 5 nitrogen and oxygen atoms in total. The molecule has 0 spiro atoms. The van der Waals surface area contributed by atoms with Gasteiger partial charge in [0, 0.05) is 13.7 Å². The number of carbonyl (C=O) groups excluding carboxylic acids is 1. The fourth-order valence-electron chi connectivity index (χ4n) is 0.897. The van der Waals surface area contributed by atoms with Crippen molar-refractivity contribution in [3.63, 3.8) is 0 Å². The quantitative estimate of drug-likeness (QED) is 0.550. The Bertz CT molecular complexity index is 161. The normalized spacial score (nSPS) is 12.9. The largest absolute Gasteiger partial charge is 0.462 e. The van der Waals surface area contributed by atoms with Gasteiger partial charge in [-0.2, -0.15) is 0 Å². The number of methoxy groups -OCH3 is 1. The first kappa shape index (κ1) is 13.4. The van der Waals surface area contributed by atoms with Crippen LogP contribution in [0.1, 0.15) is 13.8 Å². The Morgan fingerprint density at radius 1 is 1.50 bits per heavy atom. The van der Waals surface area contributed by atoms with E-state index in [2.05, 4.69) is 5.32 Å². The molecule has 0 bridgehead atoms. The van der Waals surface area contributed by atoms with Crippen LogP contribution in [0.3, 0.4) is 0 Å². The van der Waals surface area contributed by atoms with E-state index in [0.717, 1.165) is 0 Å². The summed E-state index contributed by atoms with van der Waals surface area (Å²) in [4.78, 5) is 11.0. The highest BCUT2D eigenvalue weighted by molar-refractivity contribution is 5.71. The van der Waals surface area contributed by atoms with E-state index in [1.165, 1.54) is 7.11 Å². The summed E-state index contributed by atoms with van der Waals surface area (Å²) in [5, 5.41) is 12.0. The molecule has 1 unspecified atom stereocenters. The van der Waals surface area contributed by atoms with Crippen LogP contribution in [0.2, 0.25) is 0 Å². The second-order valence-electron chi connectivity index (χ2n) is 3.28. The van der Waals surface area contributed by atoms with Crippen LogP contribution in [0.5, 0.6) is 0 Å². The maximum atomic E-state index is 11.0. The molecule has 0 amide bonds. The number of aliphatic hydroxyl groups excluding tert-OH is 1. The molecular formula is C9H19NO4. The second-order valence-corrected chi connectivity index (χ2v) is 3.28. The van der Waals surface area contributed by atoms with Gasteiger partial charge in [0.25, 0.3) is 0 Å². The highest BCUT2D eigenvalue weighted by Gasteiger charge is 2.07. The van der Waals surface area contributed by atoms with E-state index in [4.69, 9.17) is 9.47 Å². The number of ether oxygens (including phenoxy) is 2. The van der Waals surface area contributed by atoms with E-state index in [0.29, 0.717) is 6.54 Å². The van der Waals surface area contributed by atoms with Crippen LogP contribution in [-0.4, -0.2) is 50.1 Å². The van der Waals surface area contributed by atoms with Crippen molar-refractivity contribution in [2.75, 3.05) is 26.8 Å². The minimum Gasteiger partial charge on any atom is -0.462 e. The van der Waals surface area contributed by atoms with E-state index >= 15 is 0 Å². The van der Waals surface area contributed by atoms with Gasteiger partial charge in [-0.1, -0.05) is 0 Å². The molecule has 0 rings (SSSR count). The van der Waals surface area contributed by atoms with Crippen LogP contribution in [0.25, 0.3) is 0 Å². The third-order valence-corrected chi connectivity index (χ3v) is 1.38. The zero-order valence-electron chi connectivity index (χ0n) is 8.95. The lowest BCUT2D eigenvalue weighted by atomic mass is 10.4. The van der Waals surface area contributed by atoms with Crippen molar-refractivity contribution >= 4 is 5.97 Å². The van der Waals surface area contributed by atoms with E-state index in [1.54, 1.807) is 13.8 Å². The van der Waals surface area contributed by atoms with Gasteiger partial charge in [-0.15, -0.1) is 0 Å². The summed E-state index contributed by atoms with van der Waals surface area (Å²) in [6.45, 7) is 4.27. The molecule has 5 heteroatoms. The number of aliphatic hydroxyl groups is 1. The minimum absolute atomic E-state index is 0.104. The Kier molecular flexibility index (Phi) is 7.37. The van der Waals surface area contributed by atoms with E-state index in [1.807, 2.05) is 0 Å². The average Bonchev–Trinajstić information content (AvgIpc) is 2.02. The number of carbonyl (C=O) groups is 1. The minimum atomic E-state index is -0.591. The summed E-state index contributed by atoms with van der Waals surface area (Å²) in [5.41, 5.74) is 0. The summed E-state index contributed by atoms with van der Waals surface area (Å²) in [6, 6.07) is 0. The van der Waals surface area contributed by atoms with Crippen LogP contribution < -0.4 is 5.32 Å². The van der Waals surface area contributed by atoms with Crippen LogP contribution in [-0.2, 0) is 14.3 Å². The molecule has 0 heterocycles. The topological polar surface area (TPSA) is 67.8 Å². The first-order valence-electron chi connectivity index (χ1n) is 4.63. The molecule has 0 saturated heterocycles. The molecule has 0 aromatic rings.